The highest BCUT2D eigenvalue weighted by molar-refractivity contribution is 5.93. The van der Waals surface area contributed by atoms with Gasteiger partial charge in [0.2, 0.25) is 5.82 Å². The van der Waals surface area contributed by atoms with Gasteiger partial charge in [0.25, 0.3) is 5.91 Å². The van der Waals surface area contributed by atoms with Gasteiger partial charge in [0, 0.05) is 36.5 Å². The van der Waals surface area contributed by atoms with Crippen LogP contribution in [0.25, 0.3) is 16.6 Å². The van der Waals surface area contributed by atoms with Crippen LogP contribution in [0.4, 0.5) is 5.82 Å². The van der Waals surface area contributed by atoms with Crippen LogP contribution < -0.4 is 20.1 Å². The molecule has 8 nitrogen and oxygen atoms in total. The first-order valence-electron chi connectivity index (χ1n) is 11.9. The molecule has 2 N–H and O–H groups in total. The Labute approximate surface area is 214 Å². The lowest BCUT2D eigenvalue weighted by Crippen LogP contribution is -2.26. The van der Waals surface area contributed by atoms with E-state index in [2.05, 4.69) is 20.7 Å². The molecule has 3 aromatic carbocycles. The predicted molar refractivity (Wildman–Crippen MR) is 143 cm³/mol. The average molecular weight is 494 g/mol. The SMILES string of the molecule is COc1ccc(CNC(=O)c2nc(NCc3ccccc3)c3c(-c4ccccc4)ccn3n2)c(OC)c1. The molecule has 0 aliphatic heterocycles. The van der Waals surface area contributed by atoms with E-state index >= 15 is 0 Å². The van der Waals surface area contributed by atoms with Gasteiger partial charge in [0.15, 0.2) is 5.82 Å². The van der Waals surface area contributed by atoms with Crippen LogP contribution >= 0.6 is 0 Å². The normalized spacial score (nSPS) is 10.8. The van der Waals surface area contributed by atoms with E-state index in [4.69, 9.17) is 9.47 Å². The van der Waals surface area contributed by atoms with E-state index in [9.17, 15) is 4.79 Å². The number of amides is 1. The Hall–Kier alpha value is -4.85. The fraction of sp³-hybridized carbons (Fsp3) is 0.138. The van der Waals surface area contributed by atoms with Crippen LogP contribution in [0.3, 0.4) is 0 Å². The maximum atomic E-state index is 13.1. The minimum absolute atomic E-state index is 0.0609. The van der Waals surface area contributed by atoms with Crippen molar-refractivity contribution < 1.29 is 14.3 Å². The van der Waals surface area contributed by atoms with Gasteiger partial charge in [-0.05, 0) is 29.3 Å². The van der Waals surface area contributed by atoms with Crippen LogP contribution in [0.1, 0.15) is 21.7 Å². The van der Waals surface area contributed by atoms with Crippen LogP contribution in [-0.2, 0) is 13.1 Å². The molecule has 0 aliphatic carbocycles. The molecule has 2 aromatic heterocycles. The minimum atomic E-state index is -0.391. The highest BCUT2D eigenvalue weighted by atomic mass is 16.5. The van der Waals surface area contributed by atoms with E-state index in [1.54, 1.807) is 24.8 Å². The standard InChI is InChI=1S/C29H27N5O3/c1-36-23-14-13-22(25(17-23)37-2)19-31-29(35)28-32-27(30-18-20-9-5-3-6-10-20)26-24(15-16-34(26)33-28)21-11-7-4-8-12-21/h3-17H,18-19H2,1-2H3,(H,31,35)(H,30,32,33). The zero-order valence-electron chi connectivity index (χ0n) is 20.6. The van der Waals surface area contributed by atoms with Crippen LogP contribution in [0.2, 0.25) is 0 Å². The van der Waals surface area contributed by atoms with Crippen LogP contribution in [0.5, 0.6) is 11.5 Å². The Balaban J connectivity index is 1.46. The van der Waals surface area contributed by atoms with Crippen LogP contribution in [-0.4, -0.2) is 34.7 Å². The number of carbonyl (C=O) groups is 1. The summed E-state index contributed by atoms with van der Waals surface area (Å²) < 4.78 is 12.4. The van der Waals surface area contributed by atoms with Crippen molar-refractivity contribution in [3.05, 3.63) is 108 Å². The highest BCUT2D eigenvalue weighted by Crippen LogP contribution is 2.30. The molecule has 2 heterocycles. The molecule has 0 aliphatic rings. The number of methoxy groups -OCH3 is 2. The van der Waals surface area contributed by atoms with Gasteiger partial charge in [-0.15, -0.1) is 5.10 Å². The second kappa shape index (κ2) is 10.8. The Morgan fingerprint density at radius 3 is 2.38 bits per heavy atom. The van der Waals surface area contributed by atoms with Crippen molar-refractivity contribution in [3.63, 3.8) is 0 Å². The summed E-state index contributed by atoms with van der Waals surface area (Å²) in [5.41, 5.74) is 4.74. The smallest absolute Gasteiger partial charge is 0.291 e. The van der Waals surface area contributed by atoms with Gasteiger partial charge in [0.1, 0.15) is 17.0 Å². The zero-order valence-corrected chi connectivity index (χ0v) is 20.6. The number of benzene rings is 3. The number of rotatable bonds is 9. The van der Waals surface area contributed by atoms with Crippen molar-refractivity contribution in [3.8, 4) is 22.6 Å². The number of fused-ring (bicyclic) bond motifs is 1. The summed E-state index contributed by atoms with van der Waals surface area (Å²) in [7, 11) is 3.18. The molecule has 8 heteroatoms. The van der Waals surface area contributed by atoms with Crippen molar-refractivity contribution >= 4 is 17.2 Å². The van der Waals surface area contributed by atoms with E-state index < -0.39 is 5.91 Å². The molecular weight excluding hydrogens is 466 g/mol. The predicted octanol–water partition coefficient (Wildman–Crippen LogP) is 4.96. The molecule has 37 heavy (non-hydrogen) atoms. The lowest BCUT2D eigenvalue weighted by atomic mass is 10.1. The third-order valence-corrected chi connectivity index (χ3v) is 6.04. The van der Waals surface area contributed by atoms with Gasteiger partial charge >= 0.3 is 0 Å². The minimum Gasteiger partial charge on any atom is -0.497 e. The summed E-state index contributed by atoms with van der Waals surface area (Å²) in [6, 6.07) is 27.5. The fourth-order valence-corrected chi connectivity index (χ4v) is 4.13. The molecular formula is C29H27N5O3. The van der Waals surface area contributed by atoms with Crippen LogP contribution in [0, 0.1) is 0 Å². The molecule has 0 fully saturated rings. The van der Waals surface area contributed by atoms with Gasteiger partial charge in [-0.1, -0.05) is 60.7 Å². The summed E-state index contributed by atoms with van der Waals surface area (Å²) in [6.45, 7) is 0.804. The van der Waals surface area contributed by atoms with Crippen molar-refractivity contribution in [2.75, 3.05) is 19.5 Å². The Kier molecular flexibility index (Phi) is 6.98. The number of hydrogen-bond donors (Lipinski definition) is 2. The summed E-state index contributed by atoms with van der Waals surface area (Å²) in [6.07, 6.45) is 1.84. The highest BCUT2D eigenvalue weighted by Gasteiger charge is 2.18. The number of hydrogen-bond acceptors (Lipinski definition) is 6. The van der Waals surface area contributed by atoms with Gasteiger partial charge in [-0.3, -0.25) is 4.79 Å². The molecule has 0 atom stereocenters. The van der Waals surface area contributed by atoms with Gasteiger partial charge in [-0.2, -0.15) is 0 Å². The quantitative estimate of drug-likeness (QED) is 0.302. The fourth-order valence-electron chi connectivity index (χ4n) is 4.13. The Morgan fingerprint density at radius 1 is 0.892 bits per heavy atom. The molecule has 186 valence electrons. The lowest BCUT2D eigenvalue weighted by molar-refractivity contribution is 0.0939. The second-order valence-electron chi connectivity index (χ2n) is 8.37. The van der Waals surface area contributed by atoms with Gasteiger partial charge in [0.05, 0.1) is 14.2 Å². The zero-order chi connectivity index (χ0) is 25.6. The Morgan fingerprint density at radius 2 is 1.65 bits per heavy atom. The second-order valence-corrected chi connectivity index (χ2v) is 8.37. The molecule has 0 radical (unpaired) electrons. The van der Waals surface area contributed by atoms with E-state index in [0.29, 0.717) is 23.9 Å². The first kappa shape index (κ1) is 23.9. The molecule has 1 amide bonds. The average Bonchev–Trinajstić information content (AvgIpc) is 3.40. The third-order valence-electron chi connectivity index (χ3n) is 6.04. The van der Waals surface area contributed by atoms with Crippen molar-refractivity contribution in [2.45, 2.75) is 13.1 Å². The molecule has 5 aromatic rings. The van der Waals surface area contributed by atoms with Crippen molar-refractivity contribution in [1.29, 1.82) is 0 Å². The first-order chi connectivity index (χ1) is 18.2. The van der Waals surface area contributed by atoms with E-state index in [0.717, 1.165) is 27.8 Å². The number of nitrogens with one attached hydrogen (secondary N) is 2. The summed E-state index contributed by atoms with van der Waals surface area (Å²) in [5.74, 6) is 1.55. The first-order valence-corrected chi connectivity index (χ1v) is 11.9. The maximum Gasteiger partial charge on any atom is 0.291 e. The van der Waals surface area contributed by atoms with Crippen molar-refractivity contribution in [1.82, 2.24) is 19.9 Å². The number of anilines is 1. The summed E-state index contributed by atoms with van der Waals surface area (Å²) in [4.78, 5) is 17.8. The van der Waals surface area contributed by atoms with E-state index in [1.165, 1.54) is 0 Å². The van der Waals surface area contributed by atoms with Crippen molar-refractivity contribution in [2.24, 2.45) is 0 Å². The Bertz CT molecular complexity index is 1520. The van der Waals surface area contributed by atoms with Crippen LogP contribution in [0.15, 0.2) is 91.1 Å². The van der Waals surface area contributed by atoms with E-state index in [1.807, 2.05) is 85.1 Å². The number of nitrogens with zero attached hydrogens (tertiary/aromatic N) is 3. The summed E-state index contributed by atoms with van der Waals surface area (Å²) in [5, 5.41) is 10.8. The number of aromatic nitrogens is 3. The molecule has 5 rings (SSSR count). The molecule has 0 bridgehead atoms. The third kappa shape index (κ3) is 5.23. The molecule has 0 saturated carbocycles. The largest absolute Gasteiger partial charge is 0.497 e. The molecule has 0 spiro atoms. The van der Waals surface area contributed by atoms with Gasteiger partial charge < -0.3 is 20.1 Å². The maximum absolute atomic E-state index is 13.1. The number of carbonyl (C=O) groups excluding carboxylic acids is 1. The molecule has 0 unspecified atom stereocenters. The molecule has 0 saturated heterocycles. The topological polar surface area (TPSA) is 89.8 Å². The number of ether oxygens (including phenoxy) is 2. The van der Waals surface area contributed by atoms with Gasteiger partial charge in [-0.25, -0.2) is 9.50 Å². The van der Waals surface area contributed by atoms with E-state index in [-0.39, 0.29) is 12.4 Å². The summed E-state index contributed by atoms with van der Waals surface area (Å²) >= 11 is 0. The monoisotopic (exact) mass is 493 g/mol. The lowest BCUT2D eigenvalue weighted by Gasteiger charge is -2.13.